The molecule has 110 valence electrons. The summed E-state index contributed by atoms with van der Waals surface area (Å²) in [4.78, 5) is 23.2. The van der Waals surface area contributed by atoms with Crippen molar-refractivity contribution in [1.29, 1.82) is 0 Å². The summed E-state index contributed by atoms with van der Waals surface area (Å²) in [5, 5.41) is 13.1. The second-order valence-electron chi connectivity index (χ2n) is 4.23. The van der Waals surface area contributed by atoms with Gasteiger partial charge in [-0.05, 0) is 30.0 Å². The molecule has 2 aromatic rings. The van der Waals surface area contributed by atoms with E-state index in [1.54, 1.807) is 12.3 Å². The highest BCUT2D eigenvalue weighted by atomic mass is 32.1. The Morgan fingerprint density at radius 1 is 1.38 bits per heavy atom. The molecule has 2 N–H and O–H groups in total. The summed E-state index contributed by atoms with van der Waals surface area (Å²) in [6.07, 6.45) is 0. The van der Waals surface area contributed by atoms with Crippen LogP contribution in [0.4, 0.5) is 10.1 Å². The number of amides is 1. The molecule has 0 atom stereocenters. The Hall–Kier alpha value is -2.41. The summed E-state index contributed by atoms with van der Waals surface area (Å²) < 4.78 is 18.7. The van der Waals surface area contributed by atoms with E-state index < -0.39 is 17.7 Å². The zero-order chi connectivity index (χ0) is 15.6. The van der Waals surface area contributed by atoms with Gasteiger partial charge in [0, 0.05) is 6.07 Å². The van der Waals surface area contributed by atoms with Gasteiger partial charge in [-0.2, -0.15) is 0 Å². The van der Waals surface area contributed by atoms with Crippen LogP contribution in [0.25, 0.3) is 0 Å². The van der Waals surface area contributed by atoms with Gasteiger partial charge in [-0.25, -0.2) is 9.18 Å². The van der Waals surface area contributed by atoms with Gasteiger partial charge in [0.1, 0.15) is 16.4 Å². The third-order valence-electron chi connectivity index (χ3n) is 2.83. The molecule has 0 saturated carbocycles. The van der Waals surface area contributed by atoms with Crippen LogP contribution in [0.2, 0.25) is 0 Å². The van der Waals surface area contributed by atoms with Crippen molar-refractivity contribution in [3.63, 3.8) is 0 Å². The van der Waals surface area contributed by atoms with Crippen LogP contribution in [0.15, 0.2) is 23.6 Å². The average molecular weight is 309 g/mol. The molecule has 0 unspecified atom stereocenters. The zero-order valence-electron chi connectivity index (χ0n) is 11.3. The van der Waals surface area contributed by atoms with Gasteiger partial charge in [-0.3, -0.25) is 4.79 Å². The van der Waals surface area contributed by atoms with E-state index in [-0.39, 0.29) is 16.1 Å². The lowest BCUT2D eigenvalue weighted by Gasteiger charge is -2.08. The molecule has 0 saturated heterocycles. The molecule has 0 bridgehead atoms. The molecule has 1 heterocycles. The van der Waals surface area contributed by atoms with Gasteiger partial charge in [-0.15, -0.1) is 11.3 Å². The minimum atomic E-state index is -1.14. The van der Waals surface area contributed by atoms with Crippen molar-refractivity contribution in [2.45, 2.75) is 6.92 Å². The molecule has 2 rings (SSSR count). The highest BCUT2D eigenvalue weighted by molar-refractivity contribution is 7.12. The number of aromatic carboxylic acids is 1. The zero-order valence-corrected chi connectivity index (χ0v) is 12.1. The van der Waals surface area contributed by atoms with Crippen molar-refractivity contribution in [2.24, 2.45) is 0 Å². The predicted octanol–water partition coefficient (Wildman–Crippen LogP) is 3.15. The number of thiophene rings is 1. The maximum absolute atomic E-state index is 13.8. The molecule has 0 aliphatic carbocycles. The lowest BCUT2D eigenvalue weighted by atomic mass is 10.1. The summed E-state index contributed by atoms with van der Waals surface area (Å²) in [7, 11) is 1.39. The SMILES string of the molecule is COc1ccc(C(=O)Nc2c(C)csc2C(=O)O)c(F)c1. The van der Waals surface area contributed by atoms with Crippen LogP contribution in [0.5, 0.6) is 5.75 Å². The van der Waals surface area contributed by atoms with Crippen LogP contribution in [0.1, 0.15) is 25.6 Å². The summed E-state index contributed by atoms with van der Waals surface area (Å²) in [6, 6.07) is 3.83. The molecule has 1 amide bonds. The van der Waals surface area contributed by atoms with Gasteiger partial charge in [-0.1, -0.05) is 0 Å². The smallest absolute Gasteiger partial charge is 0.348 e. The molecular formula is C14H12FNO4S. The Bertz CT molecular complexity index is 711. The molecule has 21 heavy (non-hydrogen) atoms. The first-order valence-corrected chi connectivity index (χ1v) is 6.78. The summed E-state index contributed by atoms with van der Waals surface area (Å²) >= 11 is 1.00. The van der Waals surface area contributed by atoms with Gasteiger partial charge < -0.3 is 15.2 Å². The van der Waals surface area contributed by atoms with Crippen molar-refractivity contribution in [3.8, 4) is 5.75 Å². The number of ether oxygens (including phenoxy) is 1. The van der Waals surface area contributed by atoms with E-state index in [0.29, 0.717) is 11.3 Å². The number of aryl methyl sites for hydroxylation is 1. The van der Waals surface area contributed by atoms with Crippen LogP contribution >= 0.6 is 11.3 Å². The number of methoxy groups -OCH3 is 1. The van der Waals surface area contributed by atoms with Crippen LogP contribution in [0.3, 0.4) is 0 Å². The largest absolute Gasteiger partial charge is 0.497 e. The minimum absolute atomic E-state index is 0.00905. The number of hydrogen-bond acceptors (Lipinski definition) is 4. The third kappa shape index (κ3) is 3.03. The predicted molar refractivity (Wildman–Crippen MR) is 76.9 cm³/mol. The van der Waals surface area contributed by atoms with E-state index >= 15 is 0 Å². The first kappa shape index (κ1) is 15.0. The Morgan fingerprint density at radius 3 is 2.67 bits per heavy atom. The topological polar surface area (TPSA) is 75.6 Å². The van der Waals surface area contributed by atoms with Crippen molar-refractivity contribution in [3.05, 3.63) is 45.4 Å². The van der Waals surface area contributed by atoms with E-state index in [0.717, 1.165) is 17.4 Å². The van der Waals surface area contributed by atoms with Gasteiger partial charge in [0.25, 0.3) is 5.91 Å². The Balaban J connectivity index is 2.30. The molecule has 1 aromatic heterocycles. The van der Waals surface area contributed by atoms with E-state index in [1.165, 1.54) is 19.2 Å². The van der Waals surface area contributed by atoms with E-state index in [9.17, 15) is 14.0 Å². The third-order valence-corrected chi connectivity index (χ3v) is 3.91. The molecule has 0 spiro atoms. The summed E-state index contributed by atoms with van der Waals surface area (Å²) in [6.45, 7) is 1.67. The van der Waals surface area contributed by atoms with Crippen molar-refractivity contribution >= 4 is 28.9 Å². The second-order valence-corrected chi connectivity index (χ2v) is 5.11. The number of anilines is 1. The number of carboxylic acid groups (broad SMARTS) is 1. The number of halogens is 1. The Labute approximate surface area is 124 Å². The Kier molecular flexibility index (Phi) is 4.23. The average Bonchev–Trinajstić information content (AvgIpc) is 2.80. The van der Waals surface area contributed by atoms with Gasteiger partial charge in [0.05, 0.1) is 18.4 Å². The quantitative estimate of drug-likeness (QED) is 0.909. The molecular weight excluding hydrogens is 297 g/mol. The molecule has 7 heteroatoms. The molecule has 0 fully saturated rings. The monoisotopic (exact) mass is 309 g/mol. The number of hydrogen-bond donors (Lipinski definition) is 2. The fourth-order valence-corrected chi connectivity index (χ4v) is 2.59. The fourth-order valence-electron chi connectivity index (χ4n) is 1.74. The molecule has 0 aliphatic heterocycles. The number of carbonyl (C=O) groups is 2. The van der Waals surface area contributed by atoms with Crippen molar-refractivity contribution in [2.75, 3.05) is 12.4 Å². The summed E-state index contributed by atoms with van der Waals surface area (Å²) in [5.74, 6) is -2.30. The summed E-state index contributed by atoms with van der Waals surface area (Å²) in [5.41, 5.74) is 0.616. The van der Waals surface area contributed by atoms with Crippen LogP contribution in [0, 0.1) is 12.7 Å². The second kappa shape index (κ2) is 5.92. The van der Waals surface area contributed by atoms with Gasteiger partial charge in [0.2, 0.25) is 0 Å². The highest BCUT2D eigenvalue weighted by Gasteiger charge is 2.19. The van der Waals surface area contributed by atoms with Crippen molar-refractivity contribution in [1.82, 2.24) is 0 Å². The number of carboxylic acids is 1. The number of benzene rings is 1. The van der Waals surface area contributed by atoms with E-state index in [2.05, 4.69) is 5.32 Å². The van der Waals surface area contributed by atoms with Crippen LogP contribution in [-0.2, 0) is 0 Å². The van der Waals surface area contributed by atoms with Gasteiger partial charge >= 0.3 is 5.97 Å². The lowest BCUT2D eigenvalue weighted by molar-refractivity contribution is 0.0703. The maximum atomic E-state index is 13.8. The standard InChI is InChI=1S/C14H12FNO4S/c1-7-6-21-12(14(18)19)11(7)16-13(17)9-4-3-8(20-2)5-10(9)15/h3-6H,1-2H3,(H,16,17)(H,18,19). The number of rotatable bonds is 4. The molecule has 0 aliphatic rings. The number of carbonyl (C=O) groups excluding carboxylic acids is 1. The maximum Gasteiger partial charge on any atom is 0.348 e. The lowest BCUT2D eigenvalue weighted by Crippen LogP contribution is -2.15. The number of nitrogens with one attached hydrogen (secondary N) is 1. The van der Waals surface area contributed by atoms with E-state index in [4.69, 9.17) is 9.84 Å². The van der Waals surface area contributed by atoms with E-state index in [1.807, 2.05) is 0 Å². The molecule has 0 radical (unpaired) electrons. The van der Waals surface area contributed by atoms with Crippen molar-refractivity contribution < 1.29 is 23.8 Å². The molecule has 5 nitrogen and oxygen atoms in total. The fraction of sp³-hybridized carbons (Fsp3) is 0.143. The van der Waals surface area contributed by atoms with Crippen LogP contribution in [-0.4, -0.2) is 24.1 Å². The minimum Gasteiger partial charge on any atom is -0.497 e. The highest BCUT2D eigenvalue weighted by Crippen LogP contribution is 2.28. The first-order chi connectivity index (χ1) is 9.93. The van der Waals surface area contributed by atoms with Gasteiger partial charge in [0.15, 0.2) is 0 Å². The van der Waals surface area contributed by atoms with Crippen LogP contribution < -0.4 is 10.1 Å². The first-order valence-electron chi connectivity index (χ1n) is 5.90. The molecule has 1 aromatic carbocycles. The Morgan fingerprint density at radius 2 is 2.10 bits per heavy atom. The normalized spacial score (nSPS) is 10.2.